The highest BCUT2D eigenvalue weighted by molar-refractivity contribution is 5.91. The van der Waals surface area contributed by atoms with Gasteiger partial charge in [0.15, 0.2) is 0 Å². The Labute approximate surface area is 160 Å². The zero-order valence-corrected chi connectivity index (χ0v) is 16.0. The number of anilines is 1. The van der Waals surface area contributed by atoms with Gasteiger partial charge in [0.05, 0.1) is 11.7 Å². The molecule has 3 heterocycles. The van der Waals surface area contributed by atoms with Crippen LogP contribution in [-0.4, -0.2) is 46.8 Å². The molecule has 0 spiro atoms. The van der Waals surface area contributed by atoms with Gasteiger partial charge in [-0.3, -0.25) is 9.69 Å². The molecule has 2 saturated heterocycles. The van der Waals surface area contributed by atoms with Crippen LogP contribution < -0.4 is 10.6 Å². The molecule has 1 aromatic heterocycles. The van der Waals surface area contributed by atoms with E-state index in [-0.39, 0.29) is 11.8 Å². The predicted octanol–water partition coefficient (Wildman–Crippen LogP) is 2.58. The number of piperidine rings is 1. The van der Waals surface area contributed by atoms with Gasteiger partial charge in [-0.2, -0.15) is 5.10 Å². The van der Waals surface area contributed by atoms with E-state index in [2.05, 4.69) is 45.9 Å². The van der Waals surface area contributed by atoms with Gasteiger partial charge in [-0.05, 0) is 44.8 Å². The third-order valence-electron chi connectivity index (χ3n) is 5.66. The van der Waals surface area contributed by atoms with Gasteiger partial charge < -0.3 is 10.6 Å². The van der Waals surface area contributed by atoms with Crippen molar-refractivity contribution in [3.8, 4) is 0 Å². The molecular weight excluding hydrogens is 338 g/mol. The third kappa shape index (κ3) is 4.39. The molecule has 2 N–H and O–H groups in total. The van der Waals surface area contributed by atoms with Crippen LogP contribution in [0.25, 0.3) is 0 Å². The van der Waals surface area contributed by atoms with E-state index in [1.807, 2.05) is 17.7 Å². The summed E-state index contributed by atoms with van der Waals surface area (Å²) in [6.45, 7) is 6.83. The van der Waals surface area contributed by atoms with Crippen molar-refractivity contribution in [1.29, 1.82) is 0 Å². The van der Waals surface area contributed by atoms with Crippen LogP contribution in [0.15, 0.2) is 36.4 Å². The maximum Gasteiger partial charge on any atom is 0.228 e. The first-order valence-corrected chi connectivity index (χ1v) is 10.0. The minimum atomic E-state index is 0.105. The molecule has 2 aliphatic heterocycles. The molecule has 6 nitrogen and oxygen atoms in total. The largest absolute Gasteiger partial charge is 0.317 e. The van der Waals surface area contributed by atoms with E-state index >= 15 is 0 Å². The highest BCUT2D eigenvalue weighted by atomic mass is 16.2. The number of aryl methyl sites for hydroxylation is 1. The van der Waals surface area contributed by atoms with Crippen LogP contribution in [0.3, 0.4) is 0 Å². The van der Waals surface area contributed by atoms with E-state index in [9.17, 15) is 4.79 Å². The predicted molar refractivity (Wildman–Crippen MR) is 107 cm³/mol. The van der Waals surface area contributed by atoms with Crippen molar-refractivity contribution in [3.63, 3.8) is 0 Å². The summed E-state index contributed by atoms with van der Waals surface area (Å²) in [4.78, 5) is 15.1. The molecule has 4 rings (SSSR count). The van der Waals surface area contributed by atoms with Crippen LogP contribution in [0.2, 0.25) is 0 Å². The van der Waals surface area contributed by atoms with E-state index in [1.165, 1.54) is 5.56 Å². The molecule has 0 aliphatic carbocycles. The van der Waals surface area contributed by atoms with E-state index < -0.39 is 0 Å². The minimum Gasteiger partial charge on any atom is -0.317 e. The molecule has 144 valence electrons. The monoisotopic (exact) mass is 367 g/mol. The molecule has 2 fully saturated rings. The molecule has 1 unspecified atom stereocenters. The van der Waals surface area contributed by atoms with Crippen molar-refractivity contribution in [3.05, 3.63) is 47.7 Å². The molecule has 27 heavy (non-hydrogen) atoms. The van der Waals surface area contributed by atoms with Crippen molar-refractivity contribution >= 4 is 11.7 Å². The lowest BCUT2D eigenvalue weighted by molar-refractivity contribution is -0.120. The van der Waals surface area contributed by atoms with E-state index in [1.54, 1.807) is 0 Å². The first kappa shape index (κ1) is 18.2. The lowest BCUT2D eigenvalue weighted by atomic mass is 9.97. The number of carbonyl (C=O) groups excluding carboxylic acids is 1. The molecule has 1 aromatic carbocycles. The number of nitrogens with zero attached hydrogens (tertiary/aromatic N) is 3. The van der Waals surface area contributed by atoms with E-state index in [4.69, 9.17) is 5.10 Å². The summed E-state index contributed by atoms with van der Waals surface area (Å²) in [5, 5.41) is 11.2. The average molecular weight is 367 g/mol. The number of carbonyl (C=O) groups is 1. The Kier molecular flexibility index (Phi) is 5.55. The van der Waals surface area contributed by atoms with Crippen molar-refractivity contribution in [2.45, 2.75) is 38.8 Å². The fraction of sp³-hybridized carbons (Fsp3) is 0.524. The first-order chi connectivity index (χ1) is 13.2. The maximum absolute atomic E-state index is 12.7. The number of aromatic nitrogens is 2. The van der Waals surface area contributed by atoms with Gasteiger partial charge in [0, 0.05) is 31.6 Å². The maximum atomic E-state index is 12.7. The molecule has 0 radical (unpaired) electrons. The molecule has 6 heteroatoms. The number of benzene rings is 1. The lowest BCUT2D eigenvalue weighted by Crippen LogP contribution is -2.35. The molecule has 2 aromatic rings. The molecular formula is C21H29N5O. The fourth-order valence-electron chi connectivity index (χ4n) is 4.20. The molecule has 1 amide bonds. The summed E-state index contributed by atoms with van der Waals surface area (Å²) in [6.07, 6.45) is 2.88. The first-order valence-electron chi connectivity index (χ1n) is 10.0. The highest BCUT2D eigenvalue weighted by Gasteiger charge is 2.28. The van der Waals surface area contributed by atoms with Crippen LogP contribution >= 0.6 is 0 Å². The van der Waals surface area contributed by atoms with E-state index in [0.29, 0.717) is 6.04 Å². The summed E-state index contributed by atoms with van der Waals surface area (Å²) < 4.78 is 2.04. The molecule has 1 atom stereocenters. The summed E-state index contributed by atoms with van der Waals surface area (Å²) in [7, 11) is 0. The number of amides is 1. The van der Waals surface area contributed by atoms with Gasteiger partial charge in [-0.25, -0.2) is 4.68 Å². The highest BCUT2D eigenvalue weighted by Crippen LogP contribution is 2.27. The second-order valence-corrected chi connectivity index (χ2v) is 7.79. The van der Waals surface area contributed by atoms with Gasteiger partial charge in [0.2, 0.25) is 5.91 Å². The van der Waals surface area contributed by atoms with Gasteiger partial charge in [-0.15, -0.1) is 0 Å². The summed E-state index contributed by atoms with van der Waals surface area (Å²) >= 11 is 0. The smallest absolute Gasteiger partial charge is 0.228 e. The number of hydrogen-bond donors (Lipinski definition) is 2. The Bertz CT molecular complexity index is 766. The van der Waals surface area contributed by atoms with E-state index in [0.717, 1.165) is 63.5 Å². The Morgan fingerprint density at radius 1 is 1.22 bits per heavy atom. The quantitative estimate of drug-likeness (QED) is 0.853. The van der Waals surface area contributed by atoms with Crippen LogP contribution in [0.5, 0.6) is 0 Å². The average Bonchev–Trinajstić information content (AvgIpc) is 3.29. The standard InChI is InChI=1S/C21H29N5O/c1-16-13-20(23-21(27)18-7-10-22-11-8-18)26(24-16)19-9-12-25(15-19)14-17-5-3-2-4-6-17/h2-6,13,18-19,22H,7-12,14-15H2,1H3,(H,23,27). The summed E-state index contributed by atoms with van der Waals surface area (Å²) in [5.74, 6) is 1.09. The van der Waals surface area contributed by atoms with Gasteiger partial charge in [0.25, 0.3) is 0 Å². The SMILES string of the molecule is Cc1cc(NC(=O)C2CCNCC2)n(C2CCN(Cc3ccccc3)C2)n1. The minimum absolute atomic E-state index is 0.105. The summed E-state index contributed by atoms with van der Waals surface area (Å²) in [6, 6.07) is 12.9. The molecule has 0 bridgehead atoms. The number of nitrogens with one attached hydrogen (secondary N) is 2. The molecule has 2 aliphatic rings. The fourth-order valence-corrected chi connectivity index (χ4v) is 4.20. The van der Waals surface area contributed by atoms with Crippen LogP contribution in [0.4, 0.5) is 5.82 Å². The summed E-state index contributed by atoms with van der Waals surface area (Å²) in [5.41, 5.74) is 2.30. The Balaban J connectivity index is 1.41. The van der Waals surface area contributed by atoms with Crippen molar-refractivity contribution in [2.24, 2.45) is 5.92 Å². The van der Waals surface area contributed by atoms with Crippen LogP contribution in [0.1, 0.15) is 36.6 Å². The van der Waals surface area contributed by atoms with Gasteiger partial charge in [0.1, 0.15) is 5.82 Å². The van der Waals surface area contributed by atoms with Crippen molar-refractivity contribution in [1.82, 2.24) is 20.0 Å². The third-order valence-corrected chi connectivity index (χ3v) is 5.66. The second kappa shape index (κ2) is 8.23. The second-order valence-electron chi connectivity index (χ2n) is 7.79. The number of rotatable bonds is 5. The number of likely N-dealkylation sites (tertiary alicyclic amines) is 1. The Hall–Kier alpha value is -2.18. The van der Waals surface area contributed by atoms with Crippen LogP contribution in [0, 0.1) is 12.8 Å². The van der Waals surface area contributed by atoms with Crippen molar-refractivity contribution in [2.75, 3.05) is 31.5 Å². The Morgan fingerprint density at radius 3 is 2.78 bits per heavy atom. The normalized spacial score (nSPS) is 21.4. The van der Waals surface area contributed by atoms with Crippen LogP contribution in [-0.2, 0) is 11.3 Å². The van der Waals surface area contributed by atoms with Gasteiger partial charge in [-0.1, -0.05) is 30.3 Å². The van der Waals surface area contributed by atoms with Crippen molar-refractivity contribution < 1.29 is 4.79 Å². The zero-order valence-electron chi connectivity index (χ0n) is 16.0. The topological polar surface area (TPSA) is 62.2 Å². The lowest BCUT2D eigenvalue weighted by Gasteiger charge is -2.23. The van der Waals surface area contributed by atoms with Gasteiger partial charge >= 0.3 is 0 Å². The number of hydrogen-bond acceptors (Lipinski definition) is 4. The zero-order chi connectivity index (χ0) is 18.6. The molecule has 0 saturated carbocycles. The Morgan fingerprint density at radius 2 is 2.00 bits per heavy atom.